The van der Waals surface area contributed by atoms with Crippen molar-refractivity contribution in [3.05, 3.63) is 52.6 Å². The summed E-state index contributed by atoms with van der Waals surface area (Å²) in [5.74, 6) is 1.46. The highest BCUT2D eigenvalue weighted by molar-refractivity contribution is 5.73. The zero-order valence-corrected chi connectivity index (χ0v) is 15.2. The van der Waals surface area contributed by atoms with E-state index < -0.39 is 0 Å². The number of hydrogen-bond donors (Lipinski definition) is 2. The minimum Gasteiger partial charge on any atom is -0.371 e. The summed E-state index contributed by atoms with van der Waals surface area (Å²) in [4.78, 5) is 2.66. The van der Waals surface area contributed by atoms with E-state index in [1.54, 1.807) is 16.8 Å². The van der Waals surface area contributed by atoms with Crippen molar-refractivity contribution < 1.29 is 0 Å². The monoisotopic (exact) mass is 333 g/mol. The van der Waals surface area contributed by atoms with Gasteiger partial charge in [-0.1, -0.05) is 12.1 Å². The Bertz CT molecular complexity index is 826. The number of nitrogens with one attached hydrogen (secondary N) is 2. The third kappa shape index (κ3) is 2.44. The molecule has 130 valence electrons. The number of benzene rings is 2. The van der Waals surface area contributed by atoms with Gasteiger partial charge in [-0.15, -0.1) is 0 Å². The van der Waals surface area contributed by atoms with Crippen LogP contribution in [-0.4, -0.2) is 26.2 Å². The van der Waals surface area contributed by atoms with E-state index in [2.05, 4.69) is 59.7 Å². The first-order valence-corrected chi connectivity index (χ1v) is 9.66. The Kier molecular flexibility index (Phi) is 3.53. The van der Waals surface area contributed by atoms with Crippen LogP contribution in [-0.2, 0) is 6.42 Å². The molecule has 0 amide bonds. The maximum absolute atomic E-state index is 3.72. The summed E-state index contributed by atoms with van der Waals surface area (Å²) in [5.41, 5.74) is 9.86. The van der Waals surface area contributed by atoms with Gasteiger partial charge in [0.15, 0.2) is 0 Å². The molecule has 3 aliphatic rings. The lowest BCUT2D eigenvalue weighted by Crippen LogP contribution is -2.41. The first kappa shape index (κ1) is 15.3. The SMILES string of the molecule is Cc1cccc(Nc2cc3c4c(c2)[C@@H]2CNC[C@@H]2CN4CCC3)c1C. The minimum atomic E-state index is 0.684. The molecule has 25 heavy (non-hydrogen) atoms. The van der Waals surface area contributed by atoms with Gasteiger partial charge in [0.25, 0.3) is 0 Å². The van der Waals surface area contributed by atoms with Crippen molar-refractivity contribution in [2.24, 2.45) is 5.92 Å². The molecule has 3 nitrogen and oxygen atoms in total. The number of hydrogen-bond acceptors (Lipinski definition) is 3. The van der Waals surface area contributed by atoms with Crippen LogP contribution >= 0.6 is 0 Å². The van der Waals surface area contributed by atoms with E-state index in [0.717, 1.165) is 12.5 Å². The molecule has 3 heterocycles. The Labute approximate surface area is 150 Å². The molecule has 0 aliphatic carbocycles. The molecule has 2 atom stereocenters. The van der Waals surface area contributed by atoms with Gasteiger partial charge < -0.3 is 15.5 Å². The van der Waals surface area contributed by atoms with Crippen LogP contribution in [0.3, 0.4) is 0 Å². The Morgan fingerprint density at radius 2 is 2.08 bits per heavy atom. The number of nitrogens with zero attached hydrogens (tertiary/aromatic N) is 1. The van der Waals surface area contributed by atoms with E-state index in [9.17, 15) is 0 Å². The van der Waals surface area contributed by atoms with Gasteiger partial charge >= 0.3 is 0 Å². The van der Waals surface area contributed by atoms with Crippen LogP contribution in [0.5, 0.6) is 0 Å². The van der Waals surface area contributed by atoms with Crippen molar-refractivity contribution in [3.63, 3.8) is 0 Å². The lowest BCUT2D eigenvalue weighted by molar-refractivity contribution is 0.470. The van der Waals surface area contributed by atoms with E-state index in [-0.39, 0.29) is 0 Å². The summed E-state index contributed by atoms with van der Waals surface area (Å²) in [6.07, 6.45) is 2.50. The molecule has 0 unspecified atom stereocenters. The summed E-state index contributed by atoms with van der Waals surface area (Å²) < 4.78 is 0. The van der Waals surface area contributed by atoms with Crippen LogP contribution in [0.1, 0.15) is 34.6 Å². The molecule has 5 rings (SSSR count). The zero-order chi connectivity index (χ0) is 17.0. The molecular weight excluding hydrogens is 306 g/mol. The normalized spacial score (nSPS) is 24.0. The fraction of sp³-hybridized carbons (Fsp3) is 0.455. The van der Waals surface area contributed by atoms with Crippen molar-refractivity contribution in [3.8, 4) is 0 Å². The van der Waals surface area contributed by atoms with Crippen LogP contribution in [0.4, 0.5) is 17.1 Å². The molecular formula is C22H27N3. The van der Waals surface area contributed by atoms with Crippen molar-refractivity contribution >= 4 is 17.1 Å². The van der Waals surface area contributed by atoms with Crippen LogP contribution in [0.2, 0.25) is 0 Å². The van der Waals surface area contributed by atoms with Crippen LogP contribution in [0.15, 0.2) is 30.3 Å². The average molecular weight is 333 g/mol. The Morgan fingerprint density at radius 1 is 1.16 bits per heavy atom. The van der Waals surface area contributed by atoms with Crippen LogP contribution in [0.25, 0.3) is 0 Å². The van der Waals surface area contributed by atoms with Gasteiger partial charge in [-0.05, 0) is 73.1 Å². The molecule has 0 radical (unpaired) electrons. The molecule has 1 fully saturated rings. The Balaban J connectivity index is 1.58. The number of rotatable bonds is 2. The molecule has 3 aliphatic heterocycles. The molecule has 3 heteroatoms. The second-order valence-corrected chi connectivity index (χ2v) is 8.02. The van der Waals surface area contributed by atoms with Crippen molar-refractivity contribution in [2.45, 2.75) is 32.6 Å². The highest BCUT2D eigenvalue weighted by atomic mass is 15.2. The summed E-state index contributed by atoms with van der Waals surface area (Å²) in [6, 6.07) is 11.4. The molecule has 0 spiro atoms. The van der Waals surface area contributed by atoms with Crippen molar-refractivity contribution in [2.75, 3.05) is 36.4 Å². The Morgan fingerprint density at radius 3 is 3.00 bits per heavy atom. The van der Waals surface area contributed by atoms with Crippen LogP contribution in [0, 0.1) is 19.8 Å². The third-order valence-corrected chi connectivity index (χ3v) is 6.49. The lowest BCUT2D eigenvalue weighted by Gasteiger charge is -2.42. The molecule has 2 N–H and O–H groups in total. The molecule has 0 aromatic heterocycles. The number of anilines is 3. The fourth-order valence-corrected chi connectivity index (χ4v) is 5.02. The predicted molar refractivity (Wildman–Crippen MR) is 105 cm³/mol. The van der Waals surface area contributed by atoms with Crippen molar-refractivity contribution in [1.82, 2.24) is 5.32 Å². The second kappa shape index (κ2) is 5.77. The summed E-state index contributed by atoms with van der Waals surface area (Å²) in [6.45, 7) is 9.17. The summed E-state index contributed by atoms with van der Waals surface area (Å²) >= 11 is 0. The smallest absolute Gasteiger partial charge is 0.0436 e. The zero-order valence-electron chi connectivity index (χ0n) is 15.2. The summed E-state index contributed by atoms with van der Waals surface area (Å²) in [5, 5.41) is 7.35. The van der Waals surface area contributed by atoms with E-state index in [1.165, 1.54) is 55.0 Å². The highest BCUT2D eigenvalue weighted by Crippen LogP contribution is 2.46. The van der Waals surface area contributed by atoms with E-state index in [4.69, 9.17) is 0 Å². The van der Waals surface area contributed by atoms with Gasteiger partial charge in [-0.2, -0.15) is 0 Å². The quantitative estimate of drug-likeness (QED) is 0.866. The van der Waals surface area contributed by atoms with Gasteiger partial charge in [0.2, 0.25) is 0 Å². The largest absolute Gasteiger partial charge is 0.371 e. The topological polar surface area (TPSA) is 27.3 Å². The van der Waals surface area contributed by atoms with Crippen molar-refractivity contribution in [1.29, 1.82) is 0 Å². The maximum atomic E-state index is 3.72. The summed E-state index contributed by atoms with van der Waals surface area (Å²) in [7, 11) is 0. The predicted octanol–water partition coefficient (Wildman–Crippen LogP) is 4.12. The van der Waals surface area contributed by atoms with E-state index in [0.29, 0.717) is 5.92 Å². The van der Waals surface area contributed by atoms with E-state index in [1.807, 2.05) is 0 Å². The first-order chi connectivity index (χ1) is 12.2. The minimum absolute atomic E-state index is 0.684. The molecule has 0 bridgehead atoms. The standard InChI is InChI=1S/C22H27N3/c1-14-5-3-7-21(15(14)2)24-18-9-16-6-4-8-25-13-17-11-23-12-20(17)19(10-18)22(16)25/h3,5,7,9-10,17,20,23-24H,4,6,8,11-13H2,1-2H3/t17-,20-/m1/s1. The Hall–Kier alpha value is -2.00. The highest BCUT2D eigenvalue weighted by Gasteiger charge is 2.38. The average Bonchev–Trinajstić information content (AvgIpc) is 3.08. The van der Waals surface area contributed by atoms with E-state index >= 15 is 0 Å². The van der Waals surface area contributed by atoms with Gasteiger partial charge in [-0.25, -0.2) is 0 Å². The molecule has 2 aromatic carbocycles. The van der Waals surface area contributed by atoms with Gasteiger partial charge in [-0.3, -0.25) is 0 Å². The van der Waals surface area contributed by atoms with Crippen LogP contribution < -0.4 is 15.5 Å². The number of aryl methyl sites for hydroxylation is 2. The molecule has 0 saturated carbocycles. The first-order valence-electron chi connectivity index (χ1n) is 9.66. The maximum Gasteiger partial charge on any atom is 0.0436 e. The number of fused-ring (bicyclic) bond motifs is 2. The molecule has 2 aromatic rings. The lowest BCUT2D eigenvalue weighted by atomic mass is 9.80. The second-order valence-electron chi connectivity index (χ2n) is 8.02. The third-order valence-electron chi connectivity index (χ3n) is 6.49. The fourth-order valence-electron chi connectivity index (χ4n) is 5.02. The molecule has 1 saturated heterocycles. The van der Waals surface area contributed by atoms with Gasteiger partial charge in [0.05, 0.1) is 0 Å². The van der Waals surface area contributed by atoms with Gasteiger partial charge in [0.1, 0.15) is 0 Å². The van der Waals surface area contributed by atoms with Gasteiger partial charge in [0, 0.05) is 49.2 Å².